The Morgan fingerprint density at radius 1 is 1.58 bits per heavy atom. The molecule has 0 aromatic heterocycles. The first-order chi connectivity index (χ1) is 9.26. The van der Waals surface area contributed by atoms with Crippen molar-refractivity contribution < 1.29 is 9.53 Å². The van der Waals surface area contributed by atoms with E-state index in [0.717, 1.165) is 12.8 Å². The average molecular weight is 258 g/mol. The van der Waals surface area contributed by atoms with Crippen molar-refractivity contribution in [2.75, 3.05) is 19.8 Å². The number of hydrogen-bond donors (Lipinski definition) is 0. The molecule has 1 aliphatic rings. The van der Waals surface area contributed by atoms with E-state index in [2.05, 4.69) is 13.0 Å². The number of nitrogens with zero attached hydrogens (tertiary/aromatic N) is 2. The zero-order valence-electron chi connectivity index (χ0n) is 11.1. The van der Waals surface area contributed by atoms with Crippen LogP contribution >= 0.6 is 0 Å². The van der Waals surface area contributed by atoms with Gasteiger partial charge in [-0.1, -0.05) is 19.4 Å². The lowest BCUT2D eigenvalue weighted by Gasteiger charge is -2.35. The van der Waals surface area contributed by atoms with Crippen molar-refractivity contribution in [1.29, 1.82) is 5.26 Å². The smallest absolute Gasteiger partial charge is 0.254 e. The first-order valence-corrected chi connectivity index (χ1v) is 6.65. The van der Waals surface area contributed by atoms with Crippen LogP contribution in [0.4, 0.5) is 0 Å². The van der Waals surface area contributed by atoms with Crippen molar-refractivity contribution in [3.8, 4) is 6.07 Å². The molecule has 1 aromatic carbocycles. The van der Waals surface area contributed by atoms with E-state index in [1.807, 2.05) is 4.90 Å². The third kappa shape index (κ3) is 3.12. The van der Waals surface area contributed by atoms with Crippen LogP contribution < -0.4 is 0 Å². The van der Waals surface area contributed by atoms with Crippen molar-refractivity contribution in [3.63, 3.8) is 0 Å². The minimum atomic E-state index is -0.00106. The van der Waals surface area contributed by atoms with Crippen LogP contribution in [0.2, 0.25) is 0 Å². The van der Waals surface area contributed by atoms with Crippen LogP contribution in [0.1, 0.15) is 35.7 Å². The fourth-order valence-electron chi connectivity index (χ4n) is 2.38. The number of carbonyl (C=O) groups excluding carboxylic acids is 1. The monoisotopic (exact) mass is 258 g/mol. The molecule has 1 aromatic rings. The summed E-state index contributed by atoms with van der Waals surface area (Å²) in [6, 6.07) is 9.09. The van der Waals surface area contributed by atoms with E-state index < -0.39 is 0 Å². The Morgan fingerprint density at radius 2 is 2.42 bits per heavy atom. The van der Waals surface area contributed by atoms with Crippen LogP contribution in [0.15, 0.2) is 24.3 Å². The molecule has 4 heteroatoms. The van der Waals surface area contributed by atoms with E-state index in [1.54, 1.807) is 24.3 Å². The van der Waals surface area contributed by atoms with Gasteiger partial charge in [0.25, 0.3) is 5.91 Å². The molecule has 100 valence electrons. The number of morpholine rings is 1. The molecular weight excluding hydrogens is 240 g/mol. The molecule has 0 saturated carbocycles. The zero-order chi connectivity index (χ0) is 13.7. The largest absolute Gasteiger partial charge is 0.377 e. The van der Waals surface area contributed by atoms with Gasteiger partial charge in [0.2, 0.25) is 0 Å². The van der Waals surface area contributed by atoms with Crippen LogP contribution in [0.25, 0.3) is 0 Å². The minimum Gasteiger partial charge on any atom is -0.377 e. The lowest BCUT2D eigenvalue weighted by Crippen LogP contribution is -2.48. The summed E-state index contributed by atoms with van der Waals surface area (Å²) in [5.74, 6) is -0.00106. The third-order valence-corrected chi connectivity index (χ3v) is 3.35. The molecule has 1 unspecified atom stereocenters. The SMILES string of the molecule is CCCC1COCCN1C(=O)c1cccc(C#N)c1. The van der Waals surface area contributed by atoms with Gasteiger partial charge in [-0.05, 0) is 24.6 Å². The maximum absolute atomic E-state index is 12.5. The van der Waals surface area contributed by atoms with Gasteiger partial charge in [0.05, 0.1) is 30.9 Å². The predicted octanol–water partition coefficient (Wildman–Crippen LogP) is 2.20. The summed E-state index contributed by atoms with van der Waals surface area (Å²) < 4.78 is 5.45. The summed E-state index contributed by atoms with van der Waals surface area (Å²) in [6.07, 6.45) is 1.97. The fraction of sp³-hybridized carbons (Fsp3) is 0.467. The summed E-state index contributed by atoms with van der Waals surface area (Å²) in [5, 5.41) is 8.90. The Bertz CT molecular complexity index is 491. The van der Waals surface area contributed by atoms with Crippen LogP contribution in [0.5, 0.6) is 0 Å². The van der Waals surface area contributed by atoms with Gasteiger partial charge >= 0.3 is 0 Å². The summed E-state index contributed by atoms with van der Waals surface area (Å²) in [7, 11) is 0. The van der Waals surface area contributed by atoms with Gasteiger partial charge in [0, 0.05) is 12.1 Å². The molecule has 0 spiro atoms. The third-order valence-electron chi connectivity index (χ3n) is 3.35. The lowest BCUT2D eigenvalue weighted by molar-refractivity contribution is -0.00433. The van der Waals surface area contributed by atoms with Gasteiger partial charge in [-0.3, -0.25) is 4.79 Å². The van der Waals surface area contributed by atoms with Crippen molar-refractivity contribution in [2.24, 2.45) is 0 Å². The number of amides is 1. The summed E-state index contributed by atoms with van der Waals surface area (Å²) >= 11 is 0. The highest BCUT2D eigenvalue weighted by Gasteiger charge is 2.27. The highest BCUT2D eigenvalue weighted by molar-refractivity contribution is 5.94. The summed E-state index contributed by atoms with van der Waals surface area (Å²) in [4.78, 5) is 14.4. The van der Waals surface area contributed by atoms with Crippen LogP contribution in [0, 0.1) is 11.3 Å². The summed E-state index contributed by atoms with van der Waals surface area (Å²) in [5.41, 5.74) is 1.10. The molecule has 2 rings (SSSR count). The quantitative estimate of drug-likeness (QED) is 0.835. The average Bonchev–Trinajstić information content (AvgIpc) is 2.47. The second kappa shape index (κ2) is 6.35. The predicted molar refractivity (Wildman–Crippen MR) is 71.7 cm³/mol. The Morgan fingerprint density at radius 3 is 3.16 bits per heavy atom. The normalized spacial score (nSPS) is 18.9. The molecule has 1 amide bonds. The number of carbonyl (C=O) groups is 1. The molecule has 1 heterocycles. The molecular formula is C15H18N2O2. The highest BCUT2D eigenvalue weighted by atomic mass is 16.5. The van der Waals surface area contributed by atoms with Gasteiger partial charge < -0.3 is 9.64 Å². The second-order valence-corrected chi connectivity index (χ2v) is 4.71. The van der Waals surface area contributed by atoms with Crippen molar-refractivity contribution in [2.45, 2.75) is 25.8 Å². The molecule has 1 saturated heterocycles. The van der Waals surface area contributed by atoms with Crippen molar-refractivity contribution in [1.82, 2.24) is 4.90 Å². The van der Waals surface area contributed by atoms with E-state index in [4.69, 9.17) is 10.00 Å². The molecule has 1 aliphatic heterocycles. The van der Waals surface area contributed by atoms with Crippen molar-refractivity contribution >= 4 is 5.91 Å². The topological polar surface area (TPSA) is 53.3 Å². The van der Waals surface area contributed by atoms with Crippen LogP contribution in [-0.4, -0.2) is 36.6 Å². The maximum atomic E-state index is 12.5. The van der Waals surface area contributed by atoms with E-state index >= 15 is 0 Å². The van der Waals surface area contributed by atoms with Crippen molar-refractivity contribution in [3.05, 3.63) is 35.4 Å². The number of rotatable bonds is 3. The fourth-order valence-corrected chi connectivity index (χ4v) is 2.38. The van der Waals surface area contributed by atoms with E-state index in [-0.39, 0.29) is 11.9 Å². The lowest BCUT2D eigenvalue weighted by atomic mass is 10.1. The first kappa shape index (κ1) is 13.6. The standard InChI is InChI=1S/C15H18N2O2/c1-2-4-14-11-19-8-7-17(14)15(18)13-6-3-5-12(9-13)10-16/h3,5-6,9,14H,2,4,7-8,11H2,1H3. The van der Waals surface area contributed by atoms with Crippen LogP contribution in [-0.2, 0) is 4.74 Å². The number of nitriles is 1. The second-order valence-electron chi connectivity index (χ2n) is 4.71. The van der Waals surface area contributed by atoms with Gasteiger partial charge in [-0.2, -0.15) is 5.26 Å². The summed E-state index contributed by atoms with van der Waals surface area (Å²) in [6.45, 7) is 3.93. The number of benzene rings is 1. The van der Waals surface area contributed by atoms with Crippen LogP contribution in [0.3, 0.4) is 0 Å². The minimum absolute atomic E-state index is 0.00106. The first-order valence-electron chi connectivity index (χ1n) is 6.65. The Labute approximate surface area is 113 Å². The van der Waals surface area contributed by atoms with E-state index in [9.17, 15) is 4.79 Å². The molecule has 1 atom stereocenters. The Hall–Kier alpha value is -1.86. The van der Waals surface area contributed by atoms with E-state index in [0.29, 0.717) is 30.9 Å². The molecule has 0 radical (unpaired) electrons. The van der Waals surface area contributed by atoms with Gasteiger partial charge in [0.15, 0.2) is 0 Å². The Kier molecular flexibility index (Phi) is 4.53. The Balaban J connectivity index is 2.18. The number of hydrogen-bond acceptors (Lipinski definition) is 3. The highest BCUT2D eigenvalue weighted by Crippen LogP contribution is 2.16. The molecule has 19 heavy (non-hydrogen) atoms. The molecule has 0 bridgehead atoms. The molecule has 0 N–H and O–H groups in total. The molecule has 0 aliphatic carbocycles. The molecule has 4 nitrogen and oxygen atoms in total. The molecule has 1 fully saturated rings. The maximum Gasteiger partial charge on any atom is 0.254 e. The number of ether oxygens (including phenoxy) is 1. The van der Waals surface area contributed by atoms with Gasteiger partial charge in [-0.15, -0.1) is 0 Å². The van der Waals surface area contributed by atoms with Gasteiger partial charge in [0.1, 0.15) is 0 Å². The zero-order valence-corrected chi connectivity index (χ0v) is 11.1. The van der Waals surface area contributed by atoms with E-state index in [1.165, 1.54) is 0 Å². The van der Waals surface area contributed by atoms with Gasteiger partial charge in [-0.25, -0.2) is 0 Å².